The van der Waals surface area contributed by atoms with Crippen molar-refractivity contribution < 1.29 is 22.8 Å². The average molecular weight is 531 g/mol. The first-order valence-electron chi connectivity index (χ1n) is 10.4. The number of nitriles is 1. The lowest BCUT2D eigenvalue weighted by atomic mass is 10.1. The topological polar surface area (TPSA) is 138 Å². The molecule has 4 aromatic rings. The Morgan fingerprint density at radius 2 is 1.81 bits per heavy atom. The molecule has 0 saturated carbocycles. The fourth-order valence-corrected chi connectivity index (χ4v) is 3.27. The zero-order valence-electron chi connectivity index (χ0n) is 19.3. The van der Waals surface area contributed by atoms with Gasteiger partial charge < -0.3 is 5.32 Å². The van der Waals surface area contributed by atoms with Crippen LogP contribution in [-0.2, 0) is 19.8 Å². The molecule has 0 aliphatic rings. The normalized spacial score (nSPS) is 10.7. The summed E-state index contributed by atoms with van der Waals surface area (Å²) in [5, 5.41) is 15.1. The summed E-state index contributed by atoms with van der Waals surface area (Å²) in [6.07, 6.45) is -2.35. The van der Waals surface area contributed by atoms with Crippen molar-refractivity contribution in [2.75, 3.05) is 4.84 Å². The summed E-state index contributed by atoms with van der Waals surface area (Å²) < 4.78 is 39.4. The smallest absolute Gasteiger partial charge is 0.347 e. The van der Waals surface area contributed by atoms with Crippen molar-refractivity contribution in [2.24, 2.45) is 7.05 Å². The quantitative estimate of drug-likeness (QED) is 0.291. The van der Waals surface area contributed by atoms with Crippen LogP contribution in [0, 0.1) is 11.3 Å². The second kappa shape index (κ2) is 11.4. The number of fused-ring (bicyclic) bond motifs is 1. The Kier molecular flexibility index (Phi) is 8.36. The van der Waals surface area contributed by atoms with E-state index in [1.54, 1.807) is 31.3 Å². The van der Waals surface area contributed by atoms with Crippen molar-refractivity contribution in [1.82, 2.24) is 30.0 Å². The lowest BCUT2D eigenvalue weighted by Crippen LogP contribution is -2.24. The van der Waals surface area contributed by atoms with Gasteiger partial charge in [-0.25, -0.2) is 14.6 Å². The number of anilines is 1. The molecule has 190 valence electrons. The Labute approximate surface area is 213 Å². The third-order valence-corrected chi connectivity index (χ3v) is 5.09. The molecule has 0 aliphatic carbocycles. The van der Waals surface area contributed by atoms with Crippen molar-refractivity contribution in [3.05, 3.63) is 77.0 Å². The van der Waals surface area contributed by atoms with Crippen LogP contribution >= 0.6 is 11.8 Å². The fraction of sp³-hybridized carbons (Fsp3) is 0.174. The number of benzene rings is 1. The monoisotopic (exact) mass is 530 g/mol. The van der Waals surface area contributed by atoms with Gasteiger partial charge >= 0.3 is 6.18 Å². The van der Waals surface area contributed by atoms with Crippen LogP contribution in [0.15, 0.2) is 48.9 Å². The molecular formula is C23H18ClF3N8O2. The van der Waals surface area contributed by atoms with E-state index in [0.29, 0.717) is 22.5 Å². The van der Waals surface area contributed by atoms with Crippen molar-refractivity contribution >= 4 is 40.3 Å². The molecule has 3 heterocycles. The van der Waals surface area contributed by atoms with Crippen molar-refractivity contribution in [2.45, 2.75) is 19.6 Å². The van der Waals surface area contributed by atoms with Crippen LogP contribution < -0.4 is 10.2 Å². The summed E-state index contributed by atoms with van der Waals surface area (Å²) in [7, 11) is 1.60. The molecule has 0 saturated heterocycles. The van der Waals surface area contributed by atoms with Crippen LogP contribution in [0.2, 0.25) is 0 Å². The number of halogens is 4. The van der Waals surface area contributed by atoms with Gasteiger partial charge in [-0.3, -0.25) is 19.4 Å². The number of ketones is 1. The summed E-state index contributed by atoms with van der Waals surface area (Å²) >= 11 is 5.61. The minimum Gasteiger partial charge on any atom is -0.347 e. The number of amides is 1. The second-order valence-corrected chi connectivity index (χ2v) is 7.65. The van der Waals surface area contributed by atoms with Gasteiger partial charge in [0, 0.05) is 37.1 Å². The van der Waals surface area contributed by atoms with E-state index in [4.69, 9.17) is 17.0 Å². The zero-order chi connectivity index (χ0) is 27.2. The highest BCUT2D eigenvalue weighted by Crippen LogP contribution is 2.27. The molecule has 1 aromatic carbocycles. The van der Waals surface area contributed by atoms with E-state index >= 15 is 0 Å². The molecule has 0 fully saturated rings. The van der Waals surface area contributed by atoms with Crippen LogP contribution in [-0.4, -0.2) is 36.4 Å². The highest BCUT2D eigenvalue weighted by Gasteiger charge is 2.32. The summed E-state index contributed by atoms with van der Waals surface area (Å²) in [6, 6.07) is 10.8. The van der Waals surface area contributed by atoms with Crippen molar-refractivity contribution in [3.8, 4) is 6.07 Å². The summed E-state index contributed by atoms with van der Waals surface area (Å²) in [4.78, 5) is 36.7. The molecule has 0 radical (unpaired) electrons. The first kappa shape index (κ1) is 27.0. The number of carbonyl (C=O) groups is 2. The molecule has 1 amide bonds. The van der Waals surface area contributed by atoms with E-state index < -0.39 is 17.8 Å². The number of Topliss-reactive ketones (excluding diaryl/α,β-unsaturated/α-hetero) is 1. The standard InChI is InChI=1S/C14H11ClF3N7O.C9H7NO/c1-25-12(23-15)10-9(24-25)11(22-6-21-10)13(26)20-5-7-2-3-19-8(4-7)14(16,17)18;1-7(11)9-4-2-8(6-10)3-5-9/h2-4,6,23H,5H2,1H3,(H,20,26);2-5H,1H3. The molecule has 4 rings (SSSR count). The molecule has 0 spiro atoms. The van der Waals surface area contributed by atoms with Crippen molar-refractivity contribution in [3.63, 3.8) is 0 Å². The molecule has 0 bridgehead atoms. The Morgan fingerprint density at radius 3 is 2.41 bits per heavy atom. The maximum Gasteiger partial charge on any atom is 0.433 e. The molecule has 0 atom stereocenters. The molecule has 10 nitrogen and oxygen atoms in total. The Morgan fingerprint density at radius 1 is 1.11 bits per heavy atom. The maximum atomic E-state index is 12.7. The van der Waals surface area contributed by atoms with Gasteiger partial charge in [0.2, 0.25) is 0 Å². The van der Waals surface area contributed by atoms with Crippen LogP contribution in [0.3, 0.4) is 0 Å². The lowest BCUT2D eigenvalue weighted by molar-refractivity contribution is -0.141. The van der Waals surface area contributed by atoms with E-state index in [-0.39, 0.29) is 29.1 Å². The zero-order valence-corrected chi connectivity index (χ0v) is 20.1. The van der Waals surface area contributed by atoms with Crippen LogP contribution in [0.4, 0.5) is 19.0 Å². The molecule has 0 unspecified atom stereocenters. The number of pyridine rings is 1. The number of aryl methyl sites for hydroxylation is 1. The van der Waals surface area contributed by atoms with Crippen LogP contribution in [0.25, 0.3) is 11.0 Å². The van der Waals surface area contributed by atoms with Gasteiger partial charge in [-0.1, -0.05) is 12.1 Å². The van der Waals surface area contributed by atoms with Gasteiger partial charge in [0.1, 0.15) is 23.1 Å². The van der Waals surface area contributed by atoms with Crippen molar-refractivity contribution in [1.29, 1.82) is 5.26 Å². The third kappa shape index (κ3) is 6.56. The highest BCUT2D eigenvalue weighted by atomic mass is 35.5. The van der Waals surface area contributed by atoms with Crippen LogP contribution in [0.5, 0.6) is 0 Å². The summed E-state index contributed by atoms with van der Waals surface area (Å²) in [6.45, 7) is 1.37. The van der Waals surface area contributed by atoms with E-state index in [0.717, 1.165) is 12.3 Å². The maximum absolute atomic E-state index is 12.7. The molecule has 2 N–H and O–H groups in total. The SMILES string of the molecule is CC(=O)c1ccc(C#N)cc1.Cn1nc2c(C(=O)NCc3ccnc(C(F)(F)F)c3)ncnc2c1NCl. The van der Waals surface area contributed by atoms with Gasteiger partial charge in [-0.15, -0.1) is 0 Å². The average Bonchev–Trinajstić information content (AvgIpc) is 3.22. The van der Waals surface area contributed by atoms with E-state index in [1.807, 2.05) is 6.07 Å². The first-order chi connectivity index (χ1) is 17.5. The van der Waals surface area contributed by atoms with Gasteiger partial charge in [0.15, 0.2) is 17.3 Å². The van der Waals surface area contributed by atoms with E-state index in [9.17, 15) is 22.8 Å². The lowest BCUT2D eigenvalue weighted by Gasteiger charge is -2.08. The number of aromatic nitrogens is 5. The largest absolute Gasteiger partial charge is 0.433 e. The number of hydrogen-bond donors (Lipinski definition) is 2. The number of hydrogen-bond acceptors (Lipinski definition) is 8. The summed E-state index contributed by atoms with van der Waals surface area (Å²) in [5.41, 5.74) is 0.964. The Bertz CT molecular complexity index is 1480. The second-order valence-electron chi connectivity index (χ2n) is 7.46. The van der Waals surface area contributed by atoms with Crippen LogP contribution in [0.1, 0.15) is 44.6 Å². The molecule has 0 aliphatic heterocycles. The summed E-state index contributed by atoms with van der Waals surface area (Å²) in [5.74, 6) is -0.210. The number of nitrogens with one attached hydrogen (secondary N) is 2. The molecular weight excluding hydrogens is 513 g/mol. The predicted molar refractivity (Wildman–Crippen MR) is 127 cm³/mol. The van der Waals surface area contributed by atoms with Gasteiger partial charge in [0.05, 0.1) is 11.6 Å². The Balaban J connectivity index is 0.000000289. The predicted octanol–water partition coefficient (Wildman–Crippen LogP) is 4.03. The van der Waals surface area contributed by atoms with Gasteiger partial charge in [0.25, 0.3) is 5.91 Å². The minimum atomic E-state index is -4.56. The molecule has 14 heteroatoms. The van der Waals surface area contributed by atoms with E-state index in [1.165, 1.54) is 24.0 Å². The van der Waals surface area contributed by atoms with Gasteiger partial charge in [-0.2, -0.15) is 23.5 Å². The van der Waals surface area contributed by atoms with E-state index in [2.05, 4.69) is 30.2 Å². The first-order valence-corrected chi connectivity index (χ1v) is 10.8. The third-order valence-electron chi connectivity index (χ3n) is 4.91. The van der Waals surface area contributed by atoms with Gasteiger partial charge in [-0.05, 0) is 36.8 Å². The molecule has 37 heavy (non-hydrogen) atoms. The number of nitrogens with zero attached hydrogens (tertiary/aromatic N) is 6. The number of rotatable bonds is 5. The fourth-order valence-electron chi connectivity index (χ4n) is 3.06. The minimum absolute atomic E-state index is 0.0196. The number of alkyl halides is 3. The highest BCUT2D eigenvalue weighted by molar-refractivity contribution is 6.25. The molecule has 3 aromatic heterocycles. The Hall–Kier alpha value is -4.57. The number of carbonyl (C=O) groups excluding carboxylic acids is 2.